The van der Waals surface area contributed by atoms with Gasteiger partial charge in [-0.1, -0.05) is 30.3 Å². The Morgan fingerprint density at radius 3 is 2.80 bits per heavy atom. The Morgan fingerprint density at radius 1 is 1.20 bits per heavy atom. The number of carbonyl (C=O) groups is 2. The fraction of sp³-hybridized carbons (Fsp3) is 0.500. The molecule has 1 aromatic rings. The van der Waals surface area contributed by atoms with Crippen molar-refractivity contribution >= 4 is 11.6 Å². The van der Waals surface area contributed by atoms with Crippen LogP contribution in [0.1, 0.15) is 24.8 Å². The van der Waals surface area contributed by atoms with Gasteiger partial charge in [-0.05, 0) is 18.4 Å². The van der Waals surface area contributed by atoms with Crippen LogP contribution in [0.3, 0.4) is 0 Å². The lowest BCUT2D eigenvalue weighted by molar-refractivity contribution is -0.165. The molecule has 0 amide bonds. The summed E-state index contributed by atoms with van der Waals surface area (Å²) in [5, 5.41) is 0. The van der Waals surface area contributed by atoms with Crippen molar-refractivity contribution in [3.8, 4) is 0 Å². The van der Waals surface area contributed by atoms with Crippen molar-refractivity contribution in [3.05, 3.63) is 35.9 Å². The summed E-state index contributed by atoms with van der Waals surface area (Å²) in [5.41, 5.74) is 0.999. The highest BCUT2D eigenvalue weighted by Crippen LogP contribution is 2.30. The van der Waals surface area contributed by atoms with Crippen LogP contribution in [-0.4, -0.2) is 30.4 Å². The van der Waals surface area contributed by atoms with E-state index in [2.05, 4.69) is 0 Å². The molecule has 20 heavy (non-hydrogen) atoms. The second-order valence-electron chi connectivity index (χ2n) is 5.40. The molecular weight excluding hydrogens is 256 g/mol. The highest BCUT2D eigenvalue weighted by molar-refractivity contribution is 6.01. The zero-order valence-corrected chi connectivity index (χ0v) is 11.3. The minimum atomic E-state index is -0.651. The molecule has 1 aliphatic heterocycles. The first-order valence-electron chi connectivity index (χ1n) is 7.09. The zero-order valence-electron chi connectivity index (χ0n) is 11.3. The summed E-state index contributed by atoms with van der Waals surface area (Å²) >= 11 is 0. The van der Waals surface area contributed by atoms with E-state index in [1.165, 1.54) is 0 Å². The van der Waals surface area contributed by atoms with Crippen LogP contribution >= 0.6 is 0 Å². The first-order chi connectivity index (χ1) is 9.75. The van der Waals surface area contributed by atoms with Crippen molar-refractivity contribution in [2.45, 2.75) is 38.1 Å². The number of hydrogen-bond acceptors (Lipinski definition) is 4. The summed E-state index contributed by atoms with van der Waals surface area (Å²) < 4.78 is 11.1. The largest absolute Gasteiger partial charge is 0.370 e. The molecule has 1 aliphatic carbocycles. The maximum Gasteiger partial charge on any atom is 0.191 e. The maximum atomic E-state index is 12.3. The Balaban J connectivity index is 1.65. The fourth-order valence-corrected chi connectivity index (χ4v) is 2.92. The zero-order chi connectivity index (χ0) is 13.9. The summed E-state index contributed by atoms with van der Waals surface area (Å²) in [6.07, 6.45) is 0.583. The third-order valence-corrected chi connectivity index (χ3v) is 4.01. The van der Waals surface area contributed by atoms with Crippen LogP contribution in [0.2, 0.25) is 0 Å². The van der Waals surface area contributed by atoms with Crippen LogP contribution in [-0.2, 0) is 25.7 Å². The number of hydrogen-bond donors (Lipinski definition) is 0. The van der Waals surface area contributed by atoms with Gasteiger partial charge < -0.3 is 9.47 Å². The van der Waals surface area contributed by atoms with Crippen LogP contribution in [0, 0.1) is 5.92 Å². The summed E-state index contributed by atoms with van der Waals surface area (Å²) in [6.45, 7) is 0.910. The predicted octanol–water partition coefficient (Wildman–Crippen LogP) is 1.91. The molecule has 3 unspecified atom stereocenters. The van der Waals surface area contributed by atoms with Gasteiger partial charge in [0.05, 0.1) is 12.5 Å². The molecule has 1 aromatic carbocycles. The molecule has 1 heterocycles. The van der Waals surface area contributed by atoms with Crippen LogP contribution in [0.25, 0.3) is 0 Å². The smallest absolute Gasteiger partial charge is 0.191 e. The van der Waals surface area contributed by atoms with E-state index in [-0.39, 0.29) is 23.9 Å². The molecule has 0 aromatic heterocycles. The van der Waals surface area contributed by atoms with E-state index in [1.54, 1.807) is 0 Å². The minimum Gasteiger partial charge on any atom is -0.370 e. The highest BCUT2D eigenvalue weighted by atomic mass is 16.5. The normalized spacial score (nSPS) is 30.1. The molecule has 0 bridgehead atoms. The Labute approximate surface area is 118 Å². The number of carbonyl (C=O) groups excluding carboxylic acids is 2. The van der Waals surface area contributed by atoms with Crippen LogP contribution in [0.15, 0.2) is 30.3 Å². The molecule has 1 saturated heterocycles. The van der Waals surface area contributed by atoms with Gasteiger partial charge >= 0.3 is 0 Å². The molecule has 2 aliphatic rings. The van der Waals surface area contributed by atoms with Crippen LogP contribution in [0.4, 0.5) is 0 Å². The van der Waals surface area contributed by atoms with E-state index in [0.29, 0.717) is 13.2 Å². The standard InChI is InChI=1S/C16H18O4/c17-13-9-14(20-10-11-5-2-1-3-6-11)15(18)16-12(13)7-4-8-19-16/h1-3,5-6,12,14,16H,4,7-10H2. The number of benzene rings is 1. The second kappa shape index (κ2) is 5.85. The quantitative estimate of drug-likeness (QED) is 0.845. The summed E-state index contributed by atoms with van der Waals surface area (Å²) in [6, 6.07) is 9.66. The van der Waals surface area contributed by atoms with Gasteiger partial charge in [0.2, 0.25) is 0 Å². The SMILES string of the molecule is O=C1CC(OCc2ccccc2)C(=O)C2OCCCC12. The van der Waals surface area contributed by atoms with Crippen molar-refractivity contribution in [1.29, 1.82) is 0 Å². The third kappa shape index (κ3) is 2.67. The van der Waals surface area contributed by atoms with E-state index in [9.17, 15) is 9.59 Å². The van der Waals surface area contributed by atoms with E-state index in [4.69, 9.17) is 9.47 Å². The first-order valence-corrected chi connectivity index (χ1v) is 7.09. The molecule has 2 fully saturated rings. The number of ketones is 2. The van der Waals surface area contributed by atoms with Crippen molar-refractivity contribution in [1.82, 2.24) is 0 Å². The third-order valence-electron chi connectivity index (χ3n) is 4.01. The van der Waals surface area contributed by atoms with E-state index < -0.39 is 12.2 Å². The molecular formula is C16H18O4. The molecule has 0 N–H and O–H groups in total. The van der Waals surface area contributed by atoms with Gasteiger partial charge in [-0.25, -0.2) is 0 Å². The second-order valence-corrected chi connectivity index (χ2v) is 5.40. The lowest BCUT2D eigenvalue weighted by Gasteiger charge is -2.36. The van der Waals surface area contributed by atoms with Gasteiger partial charge in [0.25, 0.3) is 0 Å². The molecule has 3 atom stereocenters. The predicted molar refractivity (Wildman–Crippen MR) is 72.1 cm³/mol. The molecule has 106 valence electrons. The molecule has 0 spiro atoms. The summed E-state index contributed by atoms with van der Waals surface area (Å²) in [4.78, 5) is 24.4. The van der Waals surface area contributed by atoms with Crippen molar-refractivity contribution in [3.63, 3.8) is 0 Å². The molecule has 4 nitrogen and oxygen atoms in total. The monoisotopic (exact) mass is 274 g/mol. The van der Waals surface area contributed by atoms with Crippen molar-refractivity contribution in [2.24, 2.45) is 5.92 Å². The van der Waals surface area contributed by atoms with Crippen molar-refractivity contribution < 1.29 is 19.1 Å². The highest BCUT2D eigenvalue weighted by Gasteiger charge is 2.45. The molecule has 0 radical (unpaired) electrons. The average molecular weight is 274 g/mol. The summed E-state index contributed by atoms with van der Waals surface area (Å²) in [5.74, 6) is -0.203. The van der Waals surface area contributed by atoms with Crippen LogP contribution in [0.5, 0.6) is 0 Å². The lowest BCUT2D eigenvalue weighted by atomic mass is 9.79. The van der Waals surface area contributed by atoms with E-state index >= 15 is 0 Å². The average Bonchev–Trinajstić information content (AvgIpc) is 2.50. The number of Topliss-reactive ketones (excluding diaryl/α,β-unsaturated/α-hetero) is 2. The van der Waals surface area contributed by atoms with Gasteiger partial charge in [-0.15, -0.1) is 0 Å². The Morgan fingerprint density at radius 2 is 2.00 bits per heavy atom. The molecule has 3 rings (SSSR count). The maximum absolute atomic E-state index is 12.3. The topological polar surface area (TPSA) is 52.6 Å². The number of ether oxygens (including phenoxy) is 2. The minimum absolute atomic E-state index is 0.0646. The molecule has 4 heteroatoms. The van der Waals surface area contributed by atoms with Crippen molar-refractivity contribution in [2.75, 3.05) is 6.61 Å². The summed E-state index contributed by atoms with van der Waals surface area (Å²) in [7, 11) is 0. The number of fused-ring (bicyclic) bond motifs is 1. The fourth-order valence-electron chi connectivity index (χ4n) is 2.92. The van der Waals surface area contributed by atoms with Crippen LogP contribution < -0.4 is 0 Å². The number of rotatable bonds is 3. The van der Waals surface area contributed by atoms with Gasteiger partial charge in [-0.2, -0.15) is 0 Å². The van der Waals surface area contributed by atoms with Gasteiger partial charge in [0.15, 0.2) is 5.78 Å². The Hall–Kier alpha value is -1.52. The Bertz CT molecular complexity index is 496. The first kappa shape index (κ1) is 13.5. The Kier molecular flexibility index (Phi) is 3.94. The van der Waals surface area contributed by atoms with E-state index in [0.717, 1.165) is 18.4 Å². The molecule has 1 saturated carbocycles. The van der Waals surface area contributed by atoms with Gasteiger partial charge in [-0.3, -0.25) is 9.59 Å². The van der Waals surface area contributed by atoms with Gasteiger partial charge in [0.1, 0.15) is 18.0 Å². The lowest BCUT2D eigenvalue weighted by Crippen LogP contribution is -2.51. The van der Waals surface area contributed by atoms with E-state index in [1.807, 2.05) is 30.3 Å². The van der Waals surface area contributed by atoms with Gasteiger partial charge in [0, 0.05) is 13.0 Å².